The summed E-state index contributed by atoms with van der Waals surface area (Å²) < 4.78 is 5.45. The molecule has 0 heterocycles. The quantitative estimate of drug-likeness (QED) is 0.746. The van der Waals surface area contributed by atoms with E-state index < -0.39 is 0 Å². The number of aryl methyl sites for hydroxylation is 2. The molecule has 2 rings (SSSR count). The van der Waals surface area contributed by atoms with Gasteiger partial charge in [-0.05, 0) is 61.4 Å². The van der Waals surface area contributed by atoms with Crippen molar-refractivity contribution in [2.24, 2.45) is 0 Å². The van der Waals surface area contributed by atoms with E-state index in [1.807, 2.05) is 32.0 Å². The predicted molar refractivity (Wildman–Crippen MR) is 98.2 cm³/mol. The van der Waals surface area contributed by atoms with Crippen LogP contribution in [-0.2, 0) is 4.79 Å². The van der Waals surface area contributed by atoms with E-state index in [9.17, 15) is 9.59 Å². The molecule has 132 valence electrons. The first-order valence-corrected chi connectivity index (χ1v) is 8.34. The summed E-state index contributed by atoms with van der Waals surface area (Å²) in [4.78, 5) is 23.6. The Balaban J connectivity index is 1.65. The molecule has 5 nitrogen and oxygen atoms in total. The smallest absolute Gasteiger partial charge is 0.258 e. The van der Waals surface area contributed by atoms with E-state index in [2.05, 4.69) is 10.6 Å². The van der Waals surface area contributed by atoms with Gasteiger partial charge in [0.15, 0.2) is 6.61 Å². The molecule has 0 aliphatic heterocycles. The Kier molecular flexibility index (Phi) is 6.83. The maximum absolute atomic E-state index is 11.9. The lowest BCUT2D eigenvalue weighted by molar-refractivity contribution is -0.123. The van der Waals surface area contributed by atoms with Gasteiger partial charge >= 0.3 is 0 Å². The summed E-state index contributed by atoms with van der Waals surface area (Å²) in [5, 5.41) is 6.00. The number of nitrogens with one attached hydrogen (secondary N) is 2. The van der Waals surface area contributed by atoms with E-state index in [1.165, 1.54) is 5.56 Å². The van der Waals surface area contributed by atoms with E-state index in [-0.39, 0.29) is 18.4 Å². The van der Waals surface area contributed by atoms with Crippen LogP contribution in [0.3, 0.4) is 0 Å². The number of carbonyl (C=O) groups excluding carboxylic acids is 2. The molecule has 0 fully saturated rings. The Labute approximate surface area is 152 Å². The fraction of sp³-hybridized carbons (Fsp3) is 0.263. The Morgan fingerprint density at radius 2 is 1.64 bits per heavy atom. The van der Waals surface area contributed by atoms with Crippen molar-refractivity contribution in [2.45, 2.75) is 13.8 Å². The minimum atomic E-state index is -0.237. The van der Waals surface area contributed by atoms with Crippen LogP contribution in [0.25, 0.3) is 0 Å². The van der Waals surface area contributed by atoms with Gasteiger partial charge in [0, 0.05) is 23.7 Å². The largest absolute Gasteiger partial charge is 0.484 e. The first-order valence-electron chi connectivity index (χ1n) is 7.96. The zero-order valence-corrected chi connectivity index (χ0v) is 15.0. The topological polar surface area (TPSA) is 67.4 Å². The summed E-state index contributed by atoms with van der Waals surface area (Å²) in [6.45, 7) is 4.61. The van der Waals surface area contributed by atoms with Crippen molar-refractivity contribution in [1.29, 1.82) is 0 Å². The number of amides is 2. The average molecular weight is 361 g/mol. The van der Waals surface area contributed by atoms with E-state index in [1.54, 1.807) is 24.3 Å². The molecule has 25 heavy (non-hydrogen) atoms. The van der Waals surface area contributed by atoms with Crippen LogP contribution in [-0.4, -0.2) is 31.5 Å². The van der Waals surface area contributed by atoms with Crippen LogP contribution in [0.1, 0.15) is 21.5 Å². The van der Waals surface area contributed by atoms with Gasteiger partial charge in [0.1, 0.15) is 5.75 Å². The third-order valence-electron chi connectivity index (χ3n) is 3.69. The fourth-order valence-corrected chi connectivity index (χ4v) is 2.21. The minimum Gasteiger partial charge on any atom is -0.484 e. The lowest BCUT2D eigenvalue weighted by atomic mass is 10.1. The summed E-state index contributed by atoms with van der Waals surface area (Å²) in [7, 11) is 0. The molecule has 2 aromatic carbocycles. The highest BCUT2D eigenvalue weighted by atomic mass is 35.5. The normalized spacial score (nSPS) is 10.2. The van der Waals surface area contributed by atoms with Crippen molar-refractivity contribution in [3.8, 4) is 5.75 Å². The SMILES string of the molecule is Cc1ccc(OCC(=O)NCCNC(=O)c2ccc(Cl)cc2)cc1C. The van der Waals surface area contributed by atoms with Gasteiger partial charge in [-0.1, -0.05) is 17.7 Å². The van der Waals surface area contributed by atoms with Crippen LogP contribution in [0.2, 0.25) is 5.02 Å². The van der Waals surface area contributed by atoms with E-state index in [4.69, 9.17) is 16.3 Å². The third-order valence-corrected chi connectivity index (χ3v) is 3.94. The van der Waals surface area contributed by atoms with E-state index in [0.29, 0.717) is 29.4 Å². The monoisotopic (exact) mass is 360 g/mol. The third kappa shape index (κ3) is 6.12. The van der Waals surface area contributed by atoms with Crippen LogP contribution in [0.15, 0.2) is 42.5 Å². The number of hydrogen-bond acceptors (Lipinski definition) is 3. The van der Waals surface area contributed by atoms with Gasteiger partial charge in [0.2, 0.25) is 0 Å². The van der Waals surface area contributed by atoms with Crippen LogP contribution < -0.4 is 15.4 Å². The molecule has 0 aromatic heterocycles. The standard InChI is InChI=1S/C19H21ClN2O3/c1-13-3-8-17(11-14(13)2)25-12-18(23)21-9-10-22-19(24)15-4-6-16(20)7-5-15/h3-8,11H,9-10,12H2,1-2H3,(H,21,23)(H,22,24). The molecule has 0 bridgehead atoms. The first kappa shape index (κ1) is 18.8. The molecule has 2 aromatic rings. The molecule has 0 unspecified atom stereocenters. The number of carbonyl (C=O) groups is 2. The predicted octanol–water partition coefficient (Wildman–Crippen LogP) is 2.88. The molecule has 0 spiro atoms. The van der Waals surface area contributed by atoms with Crippen molar-refractivity contribution >= 4 is 23.4 Å². The molecule has 0 atom stereocenters. The molecule has 0 saturated carbocycles. The fourth-order valence-electron chi connectivity index (χ4n) is 2.08. The van der Waals surface area contributed by atoms with Crippen molar-refractivity contribution in [3.05, 3.63) is 64.2 Å². The van der Waals surface area contributed by atoms with Gasteiger partial charge in [0.25, 0.3) is 11.8 Å². The molecule has 0 saturated heterocycles. The van der Waals surface area contributed by atoms with Gasteiger partial charge in [-0.3, -0.25) is 9.59 Å². The second-order valence-electron chi connectivity index (χ2n) is 5.65. The van der Waals surface area contributed by atoms with Crippen molar-refractivity contribution in [2.75, 3.05) is 19.7 Å². The van der Waals surface area contributed by atoms with Gasteiger partial charge < -0.3 is 15.4 Å². The summed E-state index contributed by atoms with van der Waals surface area (Å²) >= 11 is 5.78. The highest BCUT2D eigenvalue weighted by molar-refractivity contribution is 6.30. The van der Waals surface area contributed by atoms with Gasteiger partial charge in [-0.15, -0.1) is 0 Å². The molecule has 0 aliphatic rings. The Morgan fingerprint density at radius 3 is 2.32 bits per heavy atom. The Hall–Kier alpha value is -2.53. The zero-order valence-electron chi connectivity index (χ0n) is 14.3. The maximum atomic E-state index is 11.9. The molecule has 2 N–H and O–H groups in total. The summed E-state index contributed by atoms with van der Waals surface area (Å²) in [6.07, 6.45) is 0. The number of benzene rings is 2. The van der Waals surface area contributed by atoms with E-state index in [0.717, 1.165) is 5.56 Å². The molecular formula is C19H21ClN2O3. The molecular weight excluding hydrogens is 340 g/mol. The summed E-state index contributed by atoms with van der Waals surface area (Å²) in [6, 6.07) is 12.3. The van der Waals surface area contributed by atoms with Crippen molar-refractivity contribution < 1.29 is 14.3 Å². The van der Waals surface area contributed by atoms with Gasteiger partial charge in [0.05, 0.1) is 0 Å². The summed E-state index contributed by atoms with van der Waals surface area (Å²) in [5.74, 6) is 0.213. The number of rotatable bonds is 7. The first-order chi connectivity index (χ1) is 12.0. The van der Waals surface area contributed by atoms with Gasteiger partial charge in [-0.2, -0.15) is 0 Å². The molecule has 6 heteroatoms. The van der Waals surface area contributed by atoms with Crippen LogP contribution >= 0.6 is 11.6 Å². The lowest BCUT2D eigenvalue weighted by Gasteiger charge is -2.09. The molecule has 2 amide bonds. The highest BCUT2D eigenvalue weighted by Gasteiger charge is 2.06. The Morgan fingerprint density at radius 1 is 0.960 bits per heavy atom. The molecule has 0 radical (unpaired) electrons. The van der Waals surface area contributed by atoms with Crippen molar-refractivity contribution in [3.63, 3.8) is 0 Å². The maximum Gasteiger partial charge on any atom is 0.258 e. The summed E-state index contributed by atoms with van der Waals surface area (Å²) in [5.41, 5.74) is 2.81. The number of ether oxygens (including phenoxy) is 1. The van der Waals surface area contributed by atoms with Gasteiger partial charge in [-0.25, -0.2) is 0 Å². The van der Waals surface area contributed by atoms with Crippen LogP contribution in [0.5, 0.6) is 5.75 Å². The van der Waals surface area contributed by atoms with Crippen molar-refractivity contribution in [1.82, 2.24) is 10.6 Å². The molecule has 0 aliphatic carbocycles. The average Bonchev–Trinajstić information content (AvgIpc) is 2.60. The second kappa shape index (κ2) is 9.08. The Bertz CT molecular complexity index is 745. The minimum absolute atomic E-state index is 0.0619. The second-order valence-corrected chi connectivity index (χ2v) is 6.08. The number of hydrogen-bond donors (Lipinski definition) is 2. The van der Waals surface area contributed by atoms with Crippen LogP contribution in [0.4, 0.5) is 0 Å². The highest BCUT2D eigenvalue weighted by Crippen LogP contribution is 2.16. The zero-order chi connectivity index (χ0) is 18.2. The van der Waals surface area contributed by atoms with Crippen LogP contribution in [0, 0.1) is 13.8 Å². The lowest BCUT2D eigenvalue weighted by Crippen LogP contribution is -2.36. The number of halogens is 1. The van der Waals surface area contributed by atoms with E-state index >= 15 is 0 Å².